The van der Waals surface area contributed by atoms with E-state index in [-0.39, 0.29) is 0 Å². The summed E-state index contributed by atoms with van der Waals surface area (Å²) < 4.78 is 0. The number of aromatic nitrogens is 2. The summed E-state index contributed by atoms with van der Waals surface area (Å²) in [6.07, 6.45) is 0. The zero-order valence-corrected chi connectivity index (χ0v) is 18.9. The monoisotopic (exact) mass is 408 g/mol. The third-order valence-corrected chi connectivity index (χ3v) is 5.88. The first-order chi connectivity index (χ1) is 14.7. The van der Waals surface area contributed by atoms with Crippen LogP contribution in [0.25, 0.3) is 21.5 Å². The summed E-state index contributed by atoms with van der Waals surface area (Å²) >= 11 is 0. The molecule has 0 fully saturated rings. The van der Waals surface area contributed by atoms with E-state index in [1.54, 1.807) is 0 Å². The Labute approximate surface area is 180 Å². The molecule has 0 radical (unpaired) electrons. The molecular formula is C24H36N6. The van der Waals surface area contributed by atoms with Crippen molar-refractivity contribution in [3.8, 4) is 0 Å². The Hall–Kier alpha value is -2.44. The Morgan fingerprint density at radius 3 is 1.43 bits per heavy atom. The maximum atomic E-state index is 4.54. The van der Waals surface area contributed by atoms with Gasteiger partial charge in [0.25, 0.3) is 0 Å². The van der Waals surface area contributed by atoms with E-state index < -0.39 is 0 Å². The second-order valence-corrected chi connectivity index (χ2v) is 7.55. The molecule has 0 bridgehead atoms. The molecule has 1 aromatic heterocycles. The molecule has 0 aliphatic heterocycles. The molecule has 6 nitrogen and oxygen atoms in total. The molecule has 1 heterocycles. The molecule has 6 heteroatoms. The van der Waals surface area contributed by atoms with Gasteiger partial charge in [-0.05, 0) is 49.1 Å². The van der Waals surface area contributed by atoms with Gasteiger partial charge in [0.1, 0.15) is 0 Å². The van der Waals surface area contributed by atoms with E-state index >= 15 is 0 Å². The van der Waals surface area contributed by atoms with Crippen LogP contribution in [0, 0.1) is 0 Å². The van der Waals surface area contributed by atoms with Gasteiger partial charge in [-0.25, -0.2) is 0 Å². The van der Waals surface area contributed by atoms with Gasteiger partial charge in [0, 0.05) is 37.0 Å². The lowest BCUT2D eigenvalue weighted by atomic mass is 10.0. The summed E-state index contributed by atoms with van der Waals surface area (Å²) in [5, 5.41) is 20.8. The fourth-order valence-electron chi connectivity index (χ4n) is 3.85. The van der Waals surface area contributed by atoms with Crippen LogP contribution in [0.3, 0.4) is 0 Å². The molecule has 162 valence electrons. The van der Waals surface area contributed by atoms with Gasteiger partial charge in [0.05, 0.1) is 0 Å². The minimum absolute atomic E-state index is 0.854. The first-order valence-electron chi connectivity index (χ1n) is 11.3. The van der Waals surface area contributed by atoms with E-state index in [1.165, 1.54) is 10.8 Å². The van der Waals surface area contributed by atoms with Crippen molar-refractivity contribution in [3.63, 3.8) is 0 Å². The highest BCUT2D eigenvalue weighted by Crippen LogP contribution is 2.30. The second kappa shape index (κ2) is 11.1. The molecule has 2 aromatic carbocycles. The van der Waals surface area contributed by atoms with E-state index in [2.05, 4.69) is 94.7 Å². The molecule has 0 spiro atoms. The van der Waals surface area contributed by atoms with Gasteiger partial charge < -0.3 is 20.4 Å². The first kappa shape index (κ1) is 22.2. The van der Waals surface area contributed by atoms with Crippen molar-refractivity contribution < 1.29 is 0 Å². The Kier molecular flexibility index (Phi) is 8.22. The van der Waals surface area contributed by atoms with Gasteiger partial charge in [-0.2, -0.15) is 0 Å². The lowest BCUT2D eigenvalue weighted by Gasteiger charge is -2.20. The molecule has 3 rings (SSSR count). The number of hydrogen-bond donors (Lipinski definition) is 2. The van der Waals surface area contributed by atoms with E-state index in [1.807, 2.05) is 0 Å². The number of likely N-dealkylation sites (N-methyl/N-ethyl adjacent to an activating group) is 2. The Balaban J connectivity index is 1.87. The highest BCUT2D eigenvalue weighted by atomic mass is 15.2. The van der Waals surface area contributed by atoms with Crippen LogP contribution in [0.4, 0.5) is 11.6 Å². The van der Waals surface area contributed by atoms with Crippen LogP contribution in [0.1, 0.15) is 27.7 Å². The topological polar surface area (TPSA) is 56.3 Å². The molecule has 0 saturated heterocycles. The zero-order valence-electron chi connectivity index (χ0n) is 18.9. The Bertz CT molecular complexity index is 858. The van der Waals surface area contributed by atoms with Gasteiger partial charge in [0.2, 0.25) is 0 Å². The van der Waals surface area contributed by atoms with Crippen LogP contribution < -0.4 is 10.6 Å². The fraction of sp³-hybridized carbons (Fsp3) is 0.500. The SMILES string of the molecule is CCN(CC)CCNc1nnc(NCCN(CC)CC)c2cc3ccccc3cc12. The summed E-state index contributed by atoms with van der Waals surface area (Å²) in [6.45, 7) is 16.7. The van der Waals surface area contributed by atoms with Crippen molar-refractivity contribution >= 4 is 33.2 Å². The quantitative estimate of drug-likeness (QED) is 0.436. The fourth-order valence-corrected chi connectivity index (χ4v) is 3.85. The van der Waals surface area contributed by atoms with Crippen LogP contribution in [-0.2, 0) is 0 Å². The van der Waals surface area contributed by atoms with Gasteiger partial charge >= 0.3 is 0 Å². The lowest BCUT2D eigenvalue weighted by molar-refractivity contribution is 0.316. The number of nitrogens with one attached hydrogen (secondary N) is 2. The number of fused-ring (bicyclic) bond motifs is 2. The Morgan fingerprint density at radius 1 is 0.667 bits per heavy atom. The normalized spacial score (nSPS) is 11.7. The van der Waals surface area contributed by atoms with Crippen molar-refractivity contribution in [3.05, 3.63) is 36.4 Å². The van der Waals surface area contributed by atoms with Gasteiger partial charge in [0.15, 0.2) is 11.6 Å². The average molecular weight is 409 g/mol. The summed E-state index contributed by atoms with van der Waals surface area (Å²) in [5.74, 6) is 1.72. The summed E-state index contributed by atoms with van der Waals surface area (Å²) in [4.78, 5) is 4.81. The molecule has 0 amide bonds. The maximum absolute atomic E-state index is 4.54. The smallest absolute Gasteiger partial charge is 0.156 e. The molecule has 3 aromatic rings. The number of anilines is 2. The third kappa shape index (κ3) is 5.37. The number of rotatable bonds is 12. The minimum Gasteiger partial charge on any atom is -0.367 e. The van der Waals surface area contributed by atoms with Gasteiger partial charge in [-0.1, -0.05) is 52.0 Å². The van der Waals surface area contributed by atoms with Crippen LogP contribution in [-0.4, -0.2) is 72.4 Å². The molecule has 30 heavy (non-hydrogen) atoms. The van der Waals surface area contributed by atoms with Crippen molar-refractivity contribution in [1.82, 2.24) is 20.0 Å². The predicted octanol–water partition coefficient (Wildman–Crippen LogP) is 4.29. The van der Waals surface area contributed by atoms with Crippen molar-refractivity contribution in [2.24, 2.45) is 0 Å². The summed E-state index contributed by atoms with van der Waals surface area (Å²) in [6, 6.07) is 12.9. The van der Waals surface area contributed by atoms with E-state index in [9.17, 15) is 0 Å². The molecule has 0 atom stereocenters. The van der Waals surface area contributed by atoms with Gasteiger partial charge in [-0.15, -0.1) is 10.2 Å². The van der Waals surface area contributed by atoms with Crippen LogP contribution >= 0.6 is 0 Å². The van der Waals surface area contributed by atoms with E-state index in [0.29, 0.717) is 0 Å². The average Bonchev–Trinajstić information content (AvgIpc) is 2.79. The van der Waals surface area contributed by atoms with E-state index in [4.69, 9.17) is 0 Å². The van der Waals surface area contributed by atoms with Crippen molar-refractivity contribution in [1.29, 1.82) is 0 Å². The highest BCUT2D eigenvalue weighted by Gasteiger charge is 2.11. The van der Waals surface area contributed by atoms with Gasteiger partial charge in [-0.3, -0.25) is 0 Å². The zero-order chi connectivity index (χ0) is 21.3. The molecule has 2 N–H and O–H groups in total. The summed E-state index contributed by atoms with van der Waals surface area (Å²) in [7, 11) is 0. The predicted molar refractivity (Wildman–Crippen MR) is 130 cm³/mol. The first-order valence-corrected chi connectivity index (χ1v) is 11.3. The highest BCUT2D eigenvalue weighted by molar-refractivity contribution is 6.06. The number of hydrogen-bond acceptors (Lipinski definition) is 6. The molecule has 0 aliphatic rings. The maximum Gasteiger partial charge on any atom is 0.156 e. The Morgan fingerprint density at radius 2 is 1.07 bits per heavy atom. The standard InChI is InChI=1S/C24H36N6/c1-5-29(6-2)15-13-25-23-21-17-19-11-9-10-12-20(19)18-22(21)24(28-27-23)26-14-16-30(7-3)8-4/h9-12,17-18H,5-8,13-16H2,1-4H3,(H,25,27)(H,26,28). The summed E-state index contributed by atoms with van der Waals surface area (Å²) in [5.41, 5.74) is 0. The minimum atomic E-state index is 0.854. The lowest BCUT2D eigenvalue weighted by Crippen LogP contribution is -2.29. The van der Waals surface area contributed by atoms with Crippen LogP contribution in [0.2, 0.25) is 0 Å². The van der Waals surface area contributed by atoms with E-state index in [0.717, 1.165) is 74.8 Å². The van der Waals surface area contributed by atoms with Crippen molar-refractivity contribution in [2.45, 2.75) is 27.7 Å². The second-order valence-electron chi connectivity index (χ2n) is 7.55. The molecular weight excluding hydrogens is 372 g/mol. The molecule has 0 aliphatic carbocycles. The van der Waals surface area contributed by atoms with Crippen molar-refractivity contribution in [2.75, 3.05) is 63.0 Å². The van der Waals surface area contributed by atoms with Crippen LogP contribution in [0.15, 0.2) is 36.4 Å². The number of benzene rings is 2. The molecule has 0 saturated carbocycles. The molecule has 0 unspecified atom stereocenters. The largest absolute Gasteiger partial charge is 0.367 e. The number of nitrogens with zero attached hydrogens (tertiary/aromatic N) is 4. The van der Waals surface area contributed by atoms with Crippen LogP contribution in [0.5, 0.6) is 0 Å². The third-order valence-electron chi connectivity index (χ3n) is 5.88.